The summed E-state index contributed by atoms with van der Waals surface area (Å²) in [5.41, 5.74) is 2.10. The number of terminal acetylenes is 1. The van der Waals surface area contributed by atoms with Crippen LogP contribution in [0.4, 0.5) is 10.3 Å². The van der Waals surface area contributed by atoms with Crippen molar-refractivity contribution >= 4 is 17.1 Å². The lowest BCUT2D eigenvalue weighted by Gasteiger charge is -2.23. The molecule has 0 radical (unpaired) electrons. The number of hydrogen-bond donors (Lipinski definition) is 4. The summed E-state index contributed by atoms with van der Waals surface area (Å²) in [7, 11) is 0. The van der Waals surface area contributed by atoms with E-state index in [0.717, 1.165) is 10.9 Å². The summed E-state index contributed by atoms with van der Waals surface area (Å²) in [6.07, 6.45) is 1.81. The molecule has 0 amide bonds. The number of nitrogens with one attached hydrogen (secondary N) is 1. The van der Waals surface area contributed by atoms with Crippen molar-refractivity contribution in [3.05, 3.63) is 16.7 Å². The van der Waals surface area contributed by atoms with Gasteiger partial charge in [-0.05, 0) is 0 Å². The van der Waals surface area contributed by atoms with Gasteiger partial charge in [0.1, 0.15) is 12.2 Å². The lowest BCUT2D eigenvalue weighted by molar-refractivity contribution is -0.0504. The zero-order valence-corrected chi connectivity index (χ0v) is 11.1. The molecule has 0 aliphatic carbocycles. The maximum Gasteiger partial charge on any atom is 0.280 e. The zero-order valence-electron chi connectivity index (χ0n) is 11.1. The van der Waals surface area contributed by atoms with Crippen molar-refractivity contribution in [2.45, 2.75) is 24.1 Å². The average molecular weight is 309 g/mol. The van der Waals surface area contributed by atoms with Crippen LogP contribution in [0.2, 0.25) is 0 Å². The SMILES string of the molecule is C#C[C@]1(F)C(n2cnc3c(=O)[nH]c(N)nc32)OC(CO)[C@H]1O. The smallest absolute Gasteiger partial charge is 0.280 e. The predicted molar refractivity (Wildman–Crippen MR) is 72.2 cm³/mol. The molecular weight excluding hydrogens is 297 g/mol. The van der Waals surface area contributed by atoms with Crippen LogP contribution in [0.15, 0.2) is 11.1 Å². The van der Waals surface area contributed by atoms with Crippen LogP contribution in [0.5, 0.6) is 0 Å². The number of halogens is 1. The molecule has 9 nitrogen and oxygen atoms in total. The standard InChI is InChI=1S/C12H12FN5O4/c1-2-12(13)7(20)5(3-19)22-10(12)18-4-15-6-8(18)16-11(14)17-9(6)21/h1,4-5,7,10,19-20H,3H2,(H3,14,16,17,21)/t5?,7-,10?,12-/m1/s1. The molecule has 116 valence electrons. The lowest BCUT2D eigenvalue weighted by atomic mass is 9.97. The molecule has 10 heteroatoms. The molecule has 1 aliphatic rings. The van der Waals surface area contributed by atoms with E-state index >= 15 is 0 Å². The number of fused-ring (bicyclic) bond motifs is 1. The Bertz CT molecular complexity index is 827. The minimum absolute atomic E-state index is 0.0469. The number of imidazole rings is 1. The topological polar surface area (TPSA) is 139 Å². The molecule has 2 unspecified atom stereocenters. The van der Waals surface area contributed by atoms with Crippen LogP contribution in [0.1, 0.15) is 6.23 Å². The molecule has 1 aliphatic heterocycles. The molecule has 0 aromatic carbocycles. The monoisotopic (exact) mass is 309 g/mol. The maximum atomic E-state index is 14.9. The van der Waals surface area contributed by atoms with Gasteiger partial charge in [0.25, 0.3) is 5.56 Å². The second kappa shape index (κ2) is 4.77. The molecule has 3 rings (SSSR count). The number of anilines is 1. The van der Waals surface area contributed by atoms with Crippen LogP contribution >= 0.6 is 0 Å². The third-order valence-corrected chi connectivity index (χ3v) is 3.55. The summed E-state index contributed by atoms with van der Waals surface area (Å²) in [5, 5.41) is 19.1. The molecule has 2 aromatic rings. The van der Waals surface area contributed by atoms with Crippen LogP contribution in [0.3, 0.4) is 0 Å². The van der Waals surface area contributed by atoms with Gasteiger partial charge in [-0.2, -0.15) is 4.98 Å². The first-order chi connectivity index (χ1) is 10.4. The lowest BCUT2D eigenvalue weighted by Crippen LogP contribution is -2.42. The van der Waals surface area contributed by atoms with Gasteiger partial charge in [0.2, 0.25) is 11.6 Å². The third-order valence-electron chi connectivity index (χ3n) is 3.55. The number of aromatic amines is 1. The van der Waals surface area contributed by atoms with Crippen LogP contribution in [-0.4, -0.2) is 54.2 Å². The number of H-pyrrole nitrogens is 1. The van der Waals surface area contributed by atoms with E-state index in [-0.39, 0.29) is 17.1 Å². The Morgan fingerprint density at radius 2 is 2.41 bits per heavy atom. The summed E-state index contributed by atoms with van der Waals surface area (Å²) in [5.74, 6) is 1.65. The van der Waals surface area contributed by atoms with Crippen molar-refractivity contribution in [3.63, 3.8) is 0 Å². The number of rotatable bonds is 2. The number of nitrogen functional groups attached to an aromatic ring is 1. The van der Waals surface area contributed by atoms with Crippen LogP contribution < -0.4 is 11.3 Å². The Labute approximate surface area is 122 Å². The predicted octanol–water partition coefficient (Wildman–Crippen LogP) is -1.71. The fourth-order valence-corrected chi connectivity index (χ4v) is 2.44. The minimum Gasteiger partial charge on any atom is -0.394 e. The largest absolute Gasteiger partial charge is 0.394 e. The first-order valence-corrected chi connectivity index (χ1v) is 6.25. The van der Waals surface area contributed by atoms with Crippen molar-refractivity contribution in [1.29, 1.82) is 0 Å². The number of nitrogens with two attached hydrogens (primary N) is 1. The fourth-order valence-electron chi connectivity index (χ4n) is 2.44. The molecule has 0 bridgehead atoms. The van der Waals surface area contributed by atoms with Crippen molar-refractivity contribution in [2.75, 3.05) is 12.3 Å². The number of alkyl halides is 1. The number of aliphatic hydroxyl groups is 2. The molecule has 1 saturated heterocycles. The zero-order chi connectivity index (χ0) is 16.1. The van der Waals surface area contributed by atoms with E-state index in [1.54, 1.807) is 0 Å². The van der Waals surface area contributed by atoms with Crippen LogP contribution in [0, 0.1) is 12.3 Å². The Morgan fingerprint density at radius 3 is 3.05 bits per heavy atom. The van der Waals surface area contributed by atoms with E-state index in [2.05, 4.69) is 15.0 Å². The van der Waals surface area contributed by atoms with Gasteiger partial charge in [0.15, 0.2) is 17.4 Å². The minimum atomic E-state index is -2.62. The normalized spacial score (nSPS) is 31.5. The molecular formula is C12H12FN5O4. The van der Waals surface area contributed by atoms with E-state index in [1.165, 1.54) is 0 Å². The maximum absolute atomic E-state index is 14.9. The molecule has 0 spiro atoms. The number of ether oxygens (including phenoxy) is 1. The highest BCUT2D eigenvalue weighted by molar-refractivity contribution is 5.70. The van der Waals surface area contributed by atoms with Gasteiger partial charge in [0.05, 0.1) is 12.9 Å². The highest BCUT2D eigenvalue weighted by Gasteiger charge is 2.57. The van der Waals surface area contributed by atoms with E-state index in [0.29, 0.717) is 0 Å². The van der Waals surface area contributed by atoms with Gasteiger partial charge in [-0.25, -0.2) is 9.37 Å². The van der Waals surface area contributed by atoms with Gasteiger partial charge in [-0.1, -0.05) is 5.92 Å². The molecule has 0 saturated carbocycles. The number of aliphatic hydroxyl groups excluding tert-OH is 2. The fraction of sp³-hybridized carbons (Fsp3) is 0.417. The van der Waals surface area contributed by atoms with Crippen LogP contribution in [-0.2, 0) is 4.74 Å². The number of hydrogen-bond acceptors (Lipinski definition) is 7. The first-order valence-electron chi connectivity index (χ1n) is 6.25. The summed E-state index contributed by atoms with van der Waals surface area (Å²) in [4.78, 5) is 21.7. The van der Waals surface area contributed by atoms with Gasteiger partial charge in [-0.3, -0.25) is 14.3 Å². The highest BCUT2D eigenvalue weighted by atomic mass is 19.1. The van der Waals surface area contributed by atoms with Gasteiger partial charge in [-0.15, -0.1) is 6.42 Å². The van der Waals surface area contributed by atoms with E-state index in [9.17, 15) is 14.3 Å². The van der Waals surface area contributed by atoms with Gasteiger partial charge < -0.3 is 20.7 Å². The Hall–Kier alpha value is -2.48. The Kier molecular flexibility index (Phi) is 3.13. The van der Waals surface area contributed by atoms with Crippen LogP contribution in [0.25, 0.3) is 11.2 Å². The quantitative estimate of drug-likeness (QED) is 0.484. The molecule has 4 atom stereocenters. The van der Waals surface area contributed by atoms with Gasteiger partial charge in [0, 0.05) is 0 Å². The molecule has 1 fully saturated rings. The summed E-state index contributed by atoms with van der Waals surface area (Å²) < 4.78 is 21.3. The third kappa shape index (κ3) is 1.80. The Balaban J connectivity index is 2.19. The molecule has 5 N–H and O–H groups in total. The molecule has 22 heavy (non-hydrogen) atoms. The van der Waals surface area contributed by atoms with Crippen molar-refractivity contribution < 1.29 is 19.3 Å². The van der Waals surface area contributed by atoms with Gasteiger partial charge >= 0.3 is 0 Å². The second-order valence-corrected chi connectivity index (χ2v) is 4.84. The second-order valence-electron chi connectivity index (χ2n) is 4.84. The highest BCUT2D eigenvalue weighted by Crippen LogP contribution is 2.41. The molecule has 2 aromatic heterocycles. The Morgan fingerprint density at radius 1 is 1.68 bits per heavy atom. The average Bonchev–Trinajstić information content (AvgIpc) is 3.00. The van der Waals surface area contributed by atoms with E-state index in [1.807, 2.05) is 5.92 Å². The summed E-state index contributed by atoms with van der Waals surface area (Å²) in [6, 6.07) is 0. The summed E-state index contributed by atoms with van der Waals surface area (Å²) in [6.45, 7) is -0.631. The summed E-state index contributed by atoms with van der Waals surface area (Å²) >= 11 is 0. The van der Waals surface area contributed by atoms with Crippen molar-refractivity contribution in [3.8, 4) is 12.3 Å². The van der Waals surface area contributed by atoms with E-state index in [4.69, 9.17) is 22.0 Å². The number of aromatic nitrogens is 4. The van der Waals surface area contributed by atoms with E-state index < -0.39 is 36.3 Å². The molecule has 3 heterocycles. The van der Waals surface area contributed by atoms with Crippen molar-refractivity contribution in [2.24, 2.45) is 0 Å². The number of nitrogens with zero attached hydrogens (tertiary/aromatic N) is 3. The first kappa shape index (κ1) is 14.5. The van der Waals surface area contributed by atoms with Crippen molar-refractivity contribution in [1.82, 2.24) is 19.5 Å².